The molecule has 0 saturated carbocycles. The first-order valence-corrected chi connectivity index (χ1v) is 11.2. The number of aromatic nitrogens is 2. The van der Waals surface area contributed by atoms with Crippen LogP contribution in [0.15, 0.2) is 36.7 Å². The first-order valence-electron chi connectivity index (χ1n) is 10.9. The fourth-order valence-electron chi connectivity index (χ4n) is 4.39. The largest absolute Gasteiger partial charge is 0.496 e. The van der Waals surface area contributed by atoms with Gasteiger partial charge >= 0.3 is 0 Å². The number of benzene rings is 1. The predicted molar refractivity (Wildman–Crippen MR) is 142 cm³/mol. The molecular weight excluding hydrogens is 499 g/mol. The van der Waals surface area contributed by atoms with Crippen LogP contribution < -0.4 is 19.7 Å². The molecule has 4 heterocycles. The minimum Gasteiger partial charge on any atom is -0.496 e. The first kappa shape index (κ1) is 26.4. The molecule has 184 valence electrons. The van der Waals surface area contributed by atoms with Crippen molar-refractivity contribution in [3.8, 4) is 22.8 Å². The van der Waals surface area contributed by atoms with Crippen molar-refractivity contribution < 1.29 is 14.2 Å². The Morgan fingerprint density at radius 1 is 1.00 bits per heavy atom. The summed E-state index contributed by atoms with van der Waals surface area (Å²) < 4.78 is 18.6. The summed E-state index contributed by atoms with van der Waals surface area (Å²) in [6.45, 7) is 5.13. The van der Waals surface area contributed by atoms with E-state index in [0.717, 1.165) is 62.7 Å². The number of hydrogen-bond acceptors (Lipinski definition) is 6. The van der Waals surface area contributed by atoms with Gasteiger partial charge in [0.05, 0.1) is 38.1 Å². The number of methoxy groups -OCH3 is 2. The maximum Gasteiger partial charge on any atom is 0.141 e. The average Bonchev–Trinajstić information content (AvgIpc) is 3.27. The molecule has 0 atom stereocenters. The fourth-order valence-corrected chi connectivity index (χ4v) is 4.63. The Hall–Kier alpha value is -2.16. The molecule has 1 aromatic carbocycles. The normalized spacial score (nSPS) is 15.9. The lowest BCUT2D eigenvalue weighted by Gasteiger charge is -2.31. The number of nitrogens with one attached hydrogen (secondary N) is 1. The second-order valence-corrected chi connectivity index (χ2v) is 8.34. The molecule has 0 radical (unpaired) electrons. The topological polar surface area (TPSA) is 60.3 Å². The number of fused-ring (bicyclic) bond motifs is 1. The number of halogens is 3. The fraction of sp³-hybridized carbons (Fsp3) is 0.375. The number of pyridine rings is 1. The highest BCUT2D eigenvalue weighted by molar-refractivity contribution is 6.32. The number of rotatable bonds is 5. The molecule has 10 heteroatoms. The molecule has 2 aliphatic rings. The smallest absolute Gasteiger partial charge is 0.141 e. The molecule has 7 nitrogen and oxygen atoms in total. The van der Waals surface area contributed by atoms with Gasteiger partial charge in [0.25, 0.3) is 0 Å². The SMILES string of the molecule is COc1cc(OC)c(-c2cn3cc(C4=CCNCC4)c(N4CCOCC4)cc3n2)cc1Cl.Cl.Cl. The van der Waals surface area contributed by atoms with Crippen molar-refractivity contribution in [2.75, 3.05) is 58.5 Å². The monoisotopic (exact) mass is 526 g/mol. The molecule has 0 aliphatic carbocycles. The zero-order chi connectivity index (χ0) is 22.1. The van der Waals surface area contributed by atoms with Crippen molar-refractivity contribution >= 4 is 53.3 Å². The van der Waals surface area contributed by atoms with Gasteiger partial charge < -0.3 is 28.8 Å². The van der Waals surface area contributed by atoms with Crippen LogP contribution in [0.25, 0.3) is 22.5 Å². The van der Waals surface area contributed by atoms with Gasteiger partial charge in [-0.3, -0.25) is 0 Å². The van der Waals surface area contributed by atoms with E-state index in [9.17, 15) is 0 Å². The van der Waals surface area contributed by atoms with Gasteiger partial charge in [0.2, 0.25) is 0 Å². The molecule has 5 rings (SSSR count). The quantitative estimate of drug-likeness (QED) is 0.518. The van der Waals surface area contributed by atoms with Gasteiger partial charge in [-0.15, -0.1) is 24.8 Å². The Bertz CT molecular complexity index is 1180. The molecule has 2 aliphatic heterocycles. The van der Waals surface area contributed by atoms with E-state index in [1.807, 2.05) is 12.3 Å². The Balaban J connectivity index is 0.00000162. The van der Waals surface area contributed by atoms with Crippen molar-refractivity contribution in [2.24, 2.45) is 0 Å². The van der Waals surface area contributed by atoms with E-state index in [0.29, 0.717) is 16.5 Å². The maximum absolute atomic E-state index is 6.41. The summed E-state index contributed by atoms with van der Waals surface area (Å²) in [6, 6.07) is 5.83. The van der Waals surface area contributed by atoms with Crippen LogP contribution in [-0.4, -0.2) is 63.0 Å². The van der Waals surface area contributed by atoms with Crippen molar-refractivity contribution in [1.82, 2.24) is 14.7 Å². The van der Waals surface area contributed by atoms with Crippen molar-refractivity contribution in [1.29, 1.82) is 0 Å². The number of anilines is 1. The lowest BCUT2D eigenvalue weighted by atomic mass is 9.99. The van der Waals surface area contributed by atoms with Gasteiger partial charge in [-0.1, -0.05) is 17.7 Å². The summed E-state index contributed by atoms with van der Waals surface area (Å²) in [6.07, 6.45) is 7.53. The highest BCUT2D eigenvalue weighted by Crippen LogP contribution is 2.39. The maximum atomic E-state index is 6.41. The van der Waals surface area contributed by atoms with Crippen LogP contribution in [0.4, 0.5) is 5.69 Å². The molecule has 3 aromatic rings. The van der Waals surface area contributed by atoms with Gasteiger partial charge in [0.15, 0.2) is 0 Å². The van der Waals surface area contributed by atoms with E-state index in [-0.39, 0.29) is 24.8 Å². The summed E-state index contributed by atoms with van der Waals surface area (Å²) in [5.74, 6) is 1.25. The Kier molecular flexibility index (Phi) is 8.95. The van der Waals surface area contributed by atoms with Crippen LogP contribution >= 0.6 is 36.4 Å². The van der Waals surface area contributed by atoms with Crippen LogP contribution in [0, 0.1) is 0 Å². The summed E-state index contributed by atoms with van der Waals surface area (Å²) in [5.41, 5.74) is 6.35. The number of hydrogen-bond donors (Lipinski definition) is 1. The lowest BCUT2D eigenvalue weighted by Crippen LogP contribution is -2.37. The number of nitrogens with zero attached hydrogens (tertiary/aromatic N) is 3. The van der Waals surface area contributed by atoms with Gasteiger partial charge in [-0.05, 0) is 24.6 Å². The summed E-state index contributed by atoms with van der Waals surface area (Å²) in [7, 11) is 3.23. The summed E-state index contributed by atoms with van der Waals surface area (Å²) >= 11 is 6.41. The zero-order valence-corrected chi connectivity index (χ0v) is 21.6. The summed E-state index contributed by atoms with van der Waals surface area (Å²) in [5, 5.41) is 3.93. The van der Waals surface area contributed by atoms with E-state index in [1.165, 1.54) is 16.8 Å². The van der Waals surface area contributed by atoms with Crippen LogP contribution in [0.3, 0.4) is 0 Å². The molecule has 1 N–H and O–H groups in total. The molecule has 0 spiro atoms. The Morgan fingerprint density at radius 2 is 1.76 bits per heavy atom. The second-order valence-electron chi connectivity index (χ2n) is 7.93. The van der Waals surface area contributed by atoms with Crippen molar-refractivity contribution in [3.63, 3.8) is 0 Å². The van der Waals surface area contributed by atoms with E-state index >= 15 is 0 Å². The molecule has 0 amide bonds. The third-order valence-corrected chi connectivity index (χ3v) is 6.38. The standard InChI is InChI=1S/C24H27ClN4O3.2ClH/c1-30-22-13-23(31-2)19(25)11-17(22)20-15-29-14-18(16-3-5-26-6-4-16)21(12-24(29)27-20)28-7-9-32-10-8-28;;/h3,11-15,26H,4-10H2,1-2H3;2*1H. The van der Waals surface area contributed by atoms with Gasteiger partial charge in [-0.2, -0.15) is 0 Å². The number of morpholine rings is 1. The highest BCUT2D eigenvalue weighted by atomic mass is 35.5. The summed E-state index contributed by atoms with van der Waals surface area (Å²) in [4.78, 5) is 7.33. The predicted octanol–water partition coefficient (Wildman–Crippen LogP) is 4.73. The minimum absolute atomic E-state index is 0. The number of ether oxygens (including phenoxy) is 3. The van der Waals surface area contributed by atoms with Crippen LogP contribution in [0.2, 0.25) is 5.02 Å². The number of imidazole rings is 1. The molecule has 0 unspecified atom stereocenters. The first-order chi connectivity index (χ1) is 15.7. The third-order valence-electron chi connectivity index (χ3n) is 6.08. The molecule has 1 fully saturated rings. The Morgan fingerprint density at radius 3 is 2.44 bits per heavy atom. The van der Waals surface area contributed by atoms with Crippen LogP contribution in [0.5, 0.6) is 11.5 Å². The van der Waals surface area contributed by atoms with Gasteiger partial charge in [0.1, 0.15) is 17.1 Å². The minimum atomic E-state index is 0. The van der Waals surface area contributed by atoms with E-state index < -0.39 is 0 Å². The van der Waals surface area contributed by atoms with Gasteiger partial charge in [0, 0.05) is 61.0 Å². The van der Waals surface area contributed by atoms with E-state index in [1.54, 1.807) is 20.3 Å². The second kappa shape index (κ2) is 11.5. The van der Waals surface area contributed by atoms with Gasteiger partial charge in [-0.25, -0.2) is 4.98 Å². The van der Waals surface area contributed by atoms with Crippen molar-refractivity contribution in [3.05, 3.63) is 47.3 Å². The third kappa shape index (κ3) is 5.09. The molecule has 1 saturated heterocycles. The molecular formula is C24H29Cl3N4O3. The van der Waals surface area contributed by atoms with E-state index in [2.05, 4.69) is 33.0 Å². The zero-order valence-electron chi connectivity index (χ0n) is 19.2. The van der Waals surface area contributed by atoms with Crippen LogP contribution in [0.1, 0.15) is 12.0 Å². The Labute approximate surface area is 216 Å². The van der Waals surface area contributed by atoms with Crippen molar-refractivity contribution in [2.45, 2.75) is 6.42 Å². The molecule has 0 bridgehead atoms. The highest BCUT2D eigenvalue weighted by Gasteiger charge is 2.21. The molecule has 2 aromatic heterocycles. The lowest BCUT2D eigenvalue weighted by molar-refractivity contribution is 0.122. The molecule has 34 heavy (non-hydrogen) atoms. The average molecular weight is 528 g/mol. The van der Waals surface area contributed by atoms with Crippen LogP contribution in [-0.2, 0) is 4.74 Å². The van der Waals surface area contributed by atoms with E-state index in [4.69, 9.17) is 30.8 Å².